The Morgan fingerprint density at radius 2 is 1.45 bits per heavy atom. The second-order valence-electron chi connectivity index (χ2n) is 6.77. The molecule has 0 spiro atoms. The topological polar surface area (TPSA) is 6.48 Å². The number of alkyl halides is 2. The highest BCUT2D eigenvalue weighted by molar-refractivity contribution is 4.81. The quantitative estimate of drug-likeness (QED) is 0.669. The van der Waals surface area contributed by atoms with Crippen molar-refractivity contribution in [3.8, 4) is 0 Å². The summed E-state index contributed by atoms with van der Waals surface area (Å²) >= 11 is 0. The second-order valence-corrected chi connectivity index (χ2v) is 6.77. The van der Waals surface area contributed by atoms with Crippen LogP contribution in [0.3, 0.4) is 0 Å². The zero-order valence-electron chi connectivity index (χ0n) is 15.0. The first kappa shape index (κ1) is 19.8. The maximum atomic E-state index is 12.7. The first-order chi connectivity index (χ1) is 10.6. The largest absolute Gasteiger partial charge is 0.303 e. The average molecular weight is 318 g/mol. The molecule has 1 aliphatic carbocycles. The number of hydrogen-bond acceptors (Lipinski definition) is 2. The minimum absolute atomic E-state index is 0.0714. The van der Waals surface area contributed by atoms with E-state index in [0.717, 1.165) is 37.8 Å². The van der Waals surface area contributed by atoms with Gasteiger partial charge in [-0.15, -0.1) is 0 Å². The first-order valence-corrected chi connectivity index (χ1v) is 9.32. The smallest absolute Gasteiger partial charge is 0.294 e. The molecule has 22 heavy (non-hydrogen) atoms. The molecule has 0 atom stereocenters. The normalized spacial score (nSPS) is 27.8. The van der Waals surface area contributed by atoms with Gasteiger partial charge in [0.15, 0.2) is 0 Å². The van der Waals surface area contributed by atoms with Crippen molar-refractivity contribution in [2.45, 2.75) is 78.3 Å². The number of likely N-dealkylation sites (tertiary alicyclic amines) is 1. The molecule has 1 saturated carbocycles. The molecule has 4 heteroatoms. The second kappa shape index (κ2) is 10.5. The third-order valence-electron chi connectivity index (χ3n) is 5.50. The SMILES string of the molecule is CC.CCC1CCC(CN2CCC(N(C)C(F)F)CC2)CC1. The molecule has 1 saturated heterocycles. The summed E-state index contributed by atoms with van der Waals surface area (Å²) in [7, 11) is 1.55. The van der Waals surface area contributed by atoms with Gasteiger partial charge in [0, 0.05) is 12.6 Å². The lowest BCUT2D eigenvalue weighted by Crippen LogP contribution is -2.46. The van der Waals surface area contributed by atoms with Crippen LogP contribution in [0.1, 0.15) is 65.7 Å². The van der Waals surface area contributed by atoms with Crippen molar-refractivity contribution in [3.63, 3.8) is 0 Å². The van der Waals surface area contributed by atoms with Gasteiger partial charge >= 0.3 is 0 Å². The van der Waals surface area contributed by atoms with Gasteiger partial charge in [-0.2, -0.15) is 8.78 Å². The molecule has 0 bridgehead atoms. The minimum Gasteiger partial charge on any atom is -0.303 e. The summed E-state index contributed by atoms with van der Waals surface area (Å²) in [5.41, 5.74) is 0. The fourth-order valence-corrected chi connectivity index (χ4v) is 3.86. The Balaban J connectivity index is 0.00000116. The average Bonchev–Trinajstić information content (AvgIpc) is 2.57. The molecule has 0 unspecified atom stereocenters. The van der Waals surface area contributed by atoms with Crippen molar-refractivity contribution in [1.29, 1.82) is 0 Å². The molecule has 2 rings (SSSR count). The van der Waals surface area contributed by atoms with Crippen LogP contribution in [-0.4, -0.2) is 49.1 Å². The molecule has 1 aliphatic heterocycles. The molecule has 2 aliphatic rings. The Hall–Kier alpha value is -0.220. The van der Waals surface area contributed by atoms with Crippen LogP contribution in [0.4, 0.5) is 8.78 Å². The van der Waals surface area contributed by atoms with Crippen molar-refractivity contribution < 1.29 is 8.78 Å². The van der Waals surface area contributed by atoms with Gasteiger partial charge in [0.25, 0.3) is 6.55 Å². The predicted octanol–water partition coefficient (Wildman–Crippen LogP) is 4.85. The van der Waals surface area contributed by atoms with E-state index in [9.17, 15) is 8.78 Å². The Morgan fingerprint density at radius 1 is 0.955 bits per heavy atom. The number of rotatable bonds is 5. The van der Waals surface area contributed by atoms with E-state index >= 15 is 0 Å². The lowest BCUT2D eigenvalue weighted by Gasteiger charge is -2.39. The molecule has 0 aromatic rings. The van der Waals surface area contributed by atoms with E-state index in [0.29, 0.717) is 0 Å². The summed E-state index contributed by atoms with van der Waals surface area (Å²) in [5, 5.41) is 0. The Labute approximate surface area is 136 Å². The summed E-state index contributed by atoms with van der Waals surface area (Å²) in [4.78, 5) is 3.75. The maximum absolute atomic E-state index is 12.7. The van der Waals surface area contributed by atoms with E-state index in [4.69, 9.17) is 0 Å². The standard InChI is InChI=1S/C16H30F2N2.C2H6/c1-3-13-4-6-14(7-5-13)12-20-10-8-15(9-11-20)19(2)16(17)18;1-2/h13-16H,3-12H2,1-2H3;1-2H3. The third-order valence-corrected chi connectivity index (χ3v) is 5.50. The van der Waals surface area contributed by atoms with Gasteiger partial charge in [-0.05, 0) is 57.7 Å². The molecule has 1 heterocycles. The third kappa shape index (κ3) is 6.11. The molecular weight excluding hydrogens is 282 g/mol. The zero-order valence-corrected chi connectivity index (χ0v) is 15.0. The monoisotopic (exact) mass is 318 g/mol. The summed E-state index contributed by atoms with van der Waals surface area (Å²) < 4.78 is 25.3. The van der Waals surface area contributed by atoms with Crippen LogP contribution in [0.5, 0.6) is 0 Å². The lowest BCUT2D eigenvalue weighted by molar-refractivity contribution is -0.0507. The lowest BCUT2D eigenvalue weighted by atomic mass is 9.80. The number of piperidine rings is 1. The van der Waals surface area contributed by atoms with Crippen LogP contribution in [0.15, 0.2) is 0 Å². The van der Waals surface area contributed by atoms with Crippen molar-refractivity contribution >= 4 is 0 Å². The van der Waals surface area contributed by atoms with Gasteiger partial charge in [0.05, 0.1) is 0 Å². The Morgan fingerprint density at radius 3 is 1.91 bits per heavy atom. The van der Waals surface area contributed by atoms with E-state index in [1.807, 2.05) is 13.8 Å². The van der Waals surface area contributed by atoms with Crippen LogP contribution < -0.4 is 0 Å². The van der Waals surface area contributed by atoms with Gasteiger partial charge in [-0.25, -0.2) is 4.90 Å². The molecule has 132 valence electrons. The molecule has 0 amide bonds. The van der Waals surface area contributed by atoms with E-state index in [1.54, 1.807) is 7.05 Å². The molecule has 0 N–H and O–H groups in total. The molecule has 0 aromatic carbocycles. The molecule has 0 radical (unpaired) electrons. The van der Waals surface area contributed by atoms with Crippen molar-refractivity contribution in [1.82, 2.24) is 9.80 Å². The van der Waals surface area contributed by atoms with Crippen molar-refractivity contribution in [3.05, 3.63) is 0 Å². The Bertz CT molecular complexity index is 270. The van der Waals surface area contributed by atoms with E-state index in [-0.39, 0.29) is 6.04 Å². The van der Waals surface area contributed by atoms with Gasteiger partial charge in [0.1, 0.15) is 0 Å². The summed E-state index contributed by atoms with van der Waals surface area (Å²) in [6.45, 7) is 7.18. The zero-order chi connectivity index (χ0) is 16.5. The minimum atomic E-state index is -2.31. The maximum Gasteiger partial charge on any atom is 0.294 e. The van der Waals surface area contributed by atoms with Crippen LogP contribution in [0.25, 0.3) is 0 Å². The molecule has 0 aromatic heterocycles. The highest BCUT2D eigenvalue weighted by atomic mass is 19.3. The molecule has 2 nitrogen and oxygen atoms in total. The van der Waals surface area contributed by atoms with Gasteiger partial charge in [-0.1, -0.05) is 40.0 Å². The van der Waals surface area contributed by atoms with Crippen molar-refractivity contribution in [2.75, 3.05) is 26.7 Å². The predicted molar refractivity (Wildman–Crippen MR) is 90.3 cm³/mol. The first-order valence-electron chi connectivity index (χ1n) is 9.32. The molecular formula is C18H36F2N2. The van der Waals surface area contributed by atoms with Crippen LogP contribution >= 0.6 is 0 Å². The van der Waals surface area contributed by atoms with Gasteiger partial charge in [0.2, 0.25) is 0 Å². The highest BCUT2D eigenvalue weighted by Crippen LogP contribution is 2.31. The highest BCUT2D eigenvalue weighted by Gasteiger charge is 2.28. The van der Waals surface area contributed by atoms with Crippen LogP contribution in [0.2, 0.25) is 0 Å². The van der Waals surface area contributed by atoms with E-state index < -0.39 is 6.55 Å². The van der Waals surface area contributed by atoms with E-state index in [2.05, 4.69) is 11.8 Å². The fraction of sp³-hybridized carbons (Fsp3) is 1.00. The Kier molecular flexibility index (Phi) is 9.49. The van der Waals surface area contributed by atoms with Crippen LogP contribution in [0, 0.1) is 11.8 Å². The van der Waals surface area contributed by atoms with Gasteiger partial charge in [-0.3, -0.25) is 0 Å². The summed E-state index contributed by atoms with van der Waals surface area (Å²) in [6, 6.07) is 0.0714. The van der Waals surface area contributed by atoms with Gasteiger partial charge < -0.3 is 4.90 Å². The fourth-order valence-electron chi connectivity index (χ4n) is 3.86. The number of nitrogens with zero attached hydrogens (tertiary/aromatic N) is 2. The van der Waals surface area contributed by atoms with E-state index in [1.165, 1.54) is 43.5 Å². The van der Waals surface area contributed by atoms with Crippen LogP contribution in [-0.2, 0) is 0 Å². The molecule has 2 fully saturated rings. The summed E-state index contributed by atoms with van der Waals surface area (Å²) in [6.07, 6.45) is 8.65. The van der Waals surface area contributed by atoms with Crippen molar-refractivity contribution in [2.24, 2.45) is 11.8 Å². The summed E-state index contributed by atoms with van der Waals surface area (Å²) in [5.74, 6) is 1.80. The number of hydrogen-bond donors (Lipinski definition) is 0. The number of halogens is 2.